The zero-order valence-electron chi connectivity index (χ0n) is 19.5. The van der Waals surface area contributed by atoms with Crippen LogP contribution in [0.3, 0.4) is 0 Å². The first-order chi connectivity index (χ1) is 17.1. The van der Waals surface area contributed by atoms with Crippen molar-refractivity contribution in [3.63, 3.8) is 0 Å². The summed E-state index contributed by atoms with van der Waals surface area (Å²) in [7, 11) is 0. The highest BCUT2D eigenvalue weighted by atomic mass is 16.5. The number of carbonyl (C=O) groups is 2. The predicted molar refractivity (Wildman–Crippen MR) is 134 cm³/mol. The van der Waals surface area contributed by atoms with E-state index in [-0.39, 0.29) is 0 Å². The molecule has 0 fully saturated rings. The molecule has 0 saturated heterocycles. The number of esters is 1. The first-order valence-corrected chi connectivity index (χ1v) is 11.7. The smallest absolute Gasteiger partial charge is 0.339 e. The molecule has 4 aromatic rings. The summed E-state index contributed by atoms with van der Waals surface area (Å²) in [6.07, 6.45) is 1.34. The summed E-state index contributed by atoms with van der Waals surface area (Å²) < 4.78 is 5.67. The number of para-hydroxylation sites is 1. The maximum atomic E-state index is 13.5. The summed E-state index contributed by atoms with van der Waals surface area (Å²) in [5.74, 6) is -0.552. The lowest BCUT2D eigenvalue weighted by Crippen LogP contribution is -2.34. The second-order valence-corrected chi connectivity index (χ2v) is 8.63. The molecule has 1 aliphatic heterocycles. The van der Waals surface area contributed by atoms with Crippen molar-refractivity contribution < 1.29 is 14.3 Å². The third-order valence-electron chi connectivity index (χ3n) is 6.15. The van der Waals surface area contributed by atoms with Crippen LogP contribution in [-0.4, -0.2) is 39.4 Å². The molecule has 7 nitrogen and oxygen atoms in total. The second kappa shape index (κ2) is 10.0. The van der Waals surface area contributed by atoms with Gasteiger partial charge in [-0.3, -0.25) is 14.7 Å². The minimum atomic E-state index is -0.990. The predicted octanol–water partition coefficient (Wildman–Crippen LogP) is 4.37. The van der Waals surface area contributed by atoms with E-state index in [0.717, 1.165) is 41.7 Å². The number of hydrogen-bond donors (Lipinski definition) is 1. The van der Waals surface area contributed by atoms with Crippen LogP contribution in [0, 0.1) is 0 Å². The number of hydrogen-bond acceptors (Lipinski definition) is 6. The SMILES string of the molecule is CC(OC(=O)c1c2c(nc3ccccc13)CCN(Cc1ccccc1)C2)C(=O)Nc1ccccn1. The lowest BCUT2D eigenvalue weighted by atomic mass is 9.95. The first-order valence-electron chi connectivity index (χ1n) is 11.7. The number of benzene rings is 2. The van der Waals surface area contributed by atoms with Crippen LogP contribution in [0.1, 0.15) is 34.1 Å². The molecule has 176 valence electrons. The summed E-state index contributed by atoms with van der Waals surface area (Å²) in [6, 6.07) is 23.1. The summed E-state index contributed by atoms with van der Waals surface area (Å²) in [5, 5.41) is 3.42. The van der Waals surface area contributed by atoms with Gasteiger partial charge in [0, 0.05) is 48.9 Å². The number of ether oxygens (including phenoxy) is 1. The Kier molecular flexibility index (Phi) is 6.50. The highest BCUT2D eigenvalue weighted by Gasteiger charge is 2.28. The summed E-state index contributed by atoms with van der Waals surface area (Å²) in [4.78, 5) is 37.4. The Balaban J connectivity index is 1.42. The van der Waals surface area contributed by atoms with Gasteiger partial charge in [0.2, 0.25) is 0 Å². The van der Waals surface area contributed by atoms with Gasteiger partial charge in [0.05, 0.1) is 11.1 Å². The van der Waals surface area contributed by atoms with Crippen molar-refractivity contribution in [2.24, 2.45) is 0 Å². The summed E-state index contributed by atoms with van der Waals surface area (Å²) in [5.41, 5.74) is 4.23. The normalized spacial score (nSPS) is 14.2. The van der Waals surface area contributed by atoms with E-state index in [9.17, 15) is 9.59 Å². The van der Waals surface area contributed by atoms with Crippen molar-refractivity contribution in [2.45, 2.75) is 32.5 Å². The number of fused-ring (bicyclic) bond motifs is 2. The van der Waals surface area contributed by atoms with Crippen molar-refractivity contribution in [3.05, 3.63) is 101 Å². The average molecular weight is 467 g/mol. The Morgan fingerprint density at radius 2 is 1.80 bits per heavy atom. The molecular weight excluding hydrogens is 440 g/mol. The van der Waals surface area contributed by atoms with Gasteiger partial charge in [-0.2, -0.15) is 0 Å². The van der Waals surface area contributed by atoms with Gasteiger partial charge >= 0.3 is 5.97 Å². The number of anilines is 1. The number of aromatic nitrogens is 2. The molecule has 5 rings (SSSR count). The first kappa shape index (κ1) is 22.7. The average Bonchev–Trinajstić information content (AvgIpc) is 2.88. The number of carbonyl (C=O) groups excluding carboxylic acids is 2. The highest BCUT2D eigenvalue weighted by Crippen LogP contribution is 2.29. The molecular formula is C28H26N4O3. The van der Waals surface area contributed by atoms with Crippen molar-refractivity contribution in [3.8, 4) is 0 Å². The van der Waals surface area contributed by atoms with Crippen LogP contribution in [0.4, 0.5) is 5.82 Å². The van der Waals surface area contributed by atoms with E-state index in [1.807, 2.05) is 42.5 Å². The summed E-state index contributed by atoms with van der Waals surface area (Å²) >= 11 is 0. The van der Waals surface area contributed by atoms with E-state index in [0.29, 0.717) is 17.9 Å². The van der Waals surface area contributed by atoms with Crippen LogP contribution in [0.2, 0.25) is 0 Å². The zero-order chi connectivity index (χ0) is 24.2. The number of pyridine rings is 2. The number of amides is 1. The van der Waals surface area contributed by atoms with E-state index in [1.165, 1.54) is 5.56 Å². The Labute approximate surface area is 203 Å². The topological polar surface area (TPSA) is 84.4 Å². The van der Waals surface area contributed by atoms with Crippen LogP contribution < -0.4 is 5.32 Å². The van der Waals surface area contributed by atoms with Gasteiger partial charge in [-0.25, -0.2) is 9.78 Å². The van der Waals surface area contributed by atoms with E-state index in [1.54, 1.807) is 31.3 Å². The standard InChI is InChI=1S/C28H26N4O3/c1-19(27(33)31-25-13-7-8-15-29-25)35-28(34)26-21-11-5-6-12-23(21)30-24-14-16-32(18-22(24)26)17-20-9-3-2-4-10-20/h2-13,15,19H,14,16-18H2,1H3,(H,29,31,33). The second-order valence-electron chi connectivity index (χ2n) is 8.63. The number of nitrogens with one attached hydrogen (secondary N) is 1. The molecule has 0 spiro atoms. The van der Waals surface area contributed by atoms with Crippen LogP contribution >= 0.6 is 0 Å². The fraction of sp³-hybridized carbons (Fsp3) is 0.214. The molecule has 2 aromatic heterocycles. The van der Waals surface area contributed by atoms with E-state index < -0.39 is 18.0 Å². The van der Waals surface area contributed by atoms with E-state index >= 15 is 0 Å². The molecule has 35 heavy (non-hydrogen) atoms. The van der Waals surface area contributed by atoms with Gasteiger partial charge in [-0.1, -0.05) is 54.6 Å². The van der Waals surface area contributed by atoms with Gasteiger partial charge in [0.15, 0.2) is 6.10 Å². The van der Waals surface area contributed by atoms with Gasteiger partial charge in [0.25, 0.3) is 5.91 Å². The molecule has 0 saturated carbocycles. The summed E-state index contributed by atoms with van der Waals surface area (Å²) in [6.45, 7) is 3.78. The zero-order valence-corrected chi connectivity index (χ0v) is 19.5. The molecule has 3 heterocycles. The highest BCUT2D eigenvalue weighted by molar-refractivity contribution is 6.06. The van der Waals surface area contributed by atoms with Crippen molar-refractivity contribution >= 4 is 28.6 Å². The van der Waals surface area contributed by atoms with Crippen molar-refractivity contribution in [1.29, 1.82) is 0 Å². The molecule has 1 N–H and O–H groups in total. The van der Waals surface area contributed by atoms with Gasteiger partial charge in [-0.05, 0) is 30.7 Å². The van der Waals surface area contributed by atoms with Gasteiger partial charge in [-0.15, -0.1) is 0 Å². The molecule has 1 amide bonds. The van der Waals surface area contributed by atoms with E-state index in [2.05, 4.69) is 27.3 Å². The molecule has 1 atom stereocenters. The van der Waals surface area contributed by atoms with Gasteiger partial charge < -0.3 is 10.1 Å². The molecule has 0 bridgehead atoms. The Morgan fingerprint density at radius 1 is 1.03 bits per heavy atom. The molecule has 2 aromatic carbocycles. The molecule has 0 radical (unpaired) electrons. The van der Waals surface area contributed by atoms with Crippen molar-refractivity contribution in [2.75, 3.05) is 11.9 Å². The number of nitrogens with zero attached hydrogens (tertiary/aromatic N) is 3. The Bertz CT molecular complexity index is 1360. The fourth-order valence-corrected chi connectivity index (χ4v) is 4.39. The minimum absolute atomic E-state index is 0.406. The third-order valence-corrected chi connectivity index (χ3v) is 6.15. The number of rotatable bonds is 6. The van der Waals surface area contributed by atoms with Crippen LogP contribution in [-0.2, 0) is 29.0 Å². The lowest BCUT2D eigenvalue weighted by molar-refractivity contribution is -0.123. The maximum Gasteiger partial charge on any atom is 0.339 e. The van der Waals surface area contributed by atoms with E-state index in [4.69, 9.17) is 9.72 Å². The van der Waals surface area contributed by atoms with Crippen LogP contribution in [0.25, 0.3) is 10.9 Å². The Hall–Kier alpha value is -4.10. The largest absolute Gasteiger partial charge is 0.449 e. The maximum absolute atomic E-state index is 13.5. The molecule has 1 aliphatic rings. The van der Waals surface area contributed by atoms with Crippen molar-refractivity contribution in [1.82, 2.24) is 14.9 Å². The lowest BCUT2D eigenvalue weighted by Gasteiger charge is -2.30. The quantitative estimate of drug-likeness (QED) is 0.425. The molecule has 0 aliphatic carbocycles. The third kappa shape index (κ3) is 5.05. The van der Waals surface area contributed by atoms with Crippen LogP contribution in [0.5, 0.6) is 0 Å². The minimum Gasteiger partial charge on any atom is -0.449 e. The monoisotopic (exact) mass is 466 g/mol. The fourth-order valence-electron chi connectivity index (χ4n) is 4.39. The Morgan fingerprint density at radius 3 is 2.60 bits per heavy atom. The molecule has 1 unspecified atom stereocenters. The van der Waals surface area contributed by atoms with Gasteiger partial charge in [0.1, 0.15) is 5.82 Å². The molecule has 7 heteroatoms. The van der Waals surface area contributed by atoms with Crippen LogP contribution in [0.15, 0.2) is 79.0 Å².